The fourth-order valence-corrected chi connectivity index (χ4v) is 3.04. The zero-order valence-corrected chi connectivity index (χ0v) is 15.4. The third kappa shape index (κ3) is 5.45. The lowest BCUT2D eigenvalue weighted by Crippen LogP contribution is -2.41. The summed E-state index contributed by atoms with van der Waals surface area (Å²) in [5.74, 6) is -0.645. The molecular weight excluding hydrogens is 326 g/mol. The van der Waals surface area contributed by atoms with Gasteiger partial charge < -0.3 is 10.1 Å². The van der Waals surface area contributed by atoms with Crippen molar-refractivity contribution in [2.45, 2.75) is 44.6 Å². The Morgan fingerprint density at radius 2 is 1.81 bits per heavy atom. The Morgan fingerprint density at radius 1 is 1.08 bits per heavy atom. The number of benzene rings is 2. The maximum Gasteiger partial charge on any atom is 0.328 e. The van der Waals surface area contributed by atoms with Gasteiger partial charge in [0, 0.05) is 5.56 Å². The van der Waals surface area contributed by atoms with E-state index in [9.17, 15) is 9.59 Å². The minimum atomic E-state index is -0.620. The van der Waals surface area contributed by atoms with Crippen molar-refractivity contribution in [1.82, 2.24) is 5.32 Å². The Balaban J connectivity index is 2.01. The largest absolute Gasteiger partial charge is 0.467 e. The number of esters is 1. The van der Waals surface area contributed by atoms with Crippen molar-refractivity contribution in [3.05, 3.63) is 60.7 Å². The van der Waals surface area contributed by atoms with Crippen LogP contribution in [0.25, 0.3) is 10.8 Å². The van der Waals surface area contributed by atoms with Gasteiger partial charge in [-0.3, -0.25) is 4.79 Å². The summed E-state index contributed by atoms with van der Waals surface area (Å²) < 4.78 is 4.87. The van der Waals surface area contributed by atoms with Crippen molar-refractivity contribution in [2.75, 3.05) is 7.11 Å². The molecular formula is C22H27NO3. The van der Waals surface area contributed by atoms with Crippen molar-refractivity contribution in [2.24, 2.45) is 0 Å². The molecule has 0 saturated heterocycles. The number of unbranched alkanes of at least 4 members (excludes halogenated alkanes) is 4. The van der Waals surface area contributed by atoms with Crippen molar-refractivity contribution >= 4 is 22.6 Å². The van der Waals surface area contributed by atoms with E-state index in [1.165, 1.54) is 7.11 Å². The molecule has 2 rings (SSSR count). The van der Waals surface area contributed by atoms with Crippen LogP contribution in [0.4, 0.5) is 0 Å². The number of allylic oxidation sites excluding steroid dienone is 1. The summed E-state index contributed by atoms with van der Waals surface area (Å²) in [7, 11) is 1.35. The number of hydrogen-bond donors (Lipinski definition) is 1. The van der Waals surface area contributed by atoms with Gasteiger partial charge >= 0.3 is 5.97 Å². The molecule has 0 fully saturated rings. The van der Waals surface area contributed by atoms with E-state index in [1.807, 2.05) is 42.5 Å². The molecule has 1 amide bonds. The minimum Gasteiger partial charge on any atom is -0.467 e. The number of carbonyl (C=O) groups is 2. The zero-order valence-electron chi connectivity index (χ0n) is 15.4. The molecule has 0 spiro atoms. The summed E-state index contributed by atoms with van der Waals surface area (Å²) in [6.07, 6.45) is 7.60. The Kier molecular flexibility index (Phi) is 7.87. The maximum atomic E-state index is 12.7. The molecule has 26 heavy (non-hydrogen) atoms. The SMILES string of the molecule is C=CCCCCCC[C@H](NC(=O)c1cccc2ccccc12)C(=O)OC. The first-order valence-electron chi connectivity index (χ1n) is 9.14. The lowest BCUT2D eigenvalue weighted by molar-refractivity contribution is -0.143. The topological polar surface area (TPSA) is 55.4 Å². The molecule has 2 aromatic carbocycles. The van der Waals surface area contributed by atoms with Crippen LogP contribution < -0.4 is 5.32 Å². The Morgan fingerprint density at radius 3 is 2.58 bits per heavy atom. The van der Waals surface area contributed by atoms with Gasteiger partial charge in [0.2, 0.25) is 0 Å². The summed E-state index contributed by atoms with van der Waals surface area (Å²) in [6.45, 7) is 3.72. The van der Waals surface area contributed by atoms with E-state index in [0.29, 0.717) is 12.0 Å². The monoisotopic (exact) mass is 353 g/mol. The molecule has 138 valence electrons. The van der Waals surface area contributed by atoms with Gasteiger partial charge in [0.05, 0.1) is 7.11 Å². The molecule has 0 saturated carbocycles. The van der Waals surface area contributed by atoms with Gasteiger partial charge in [-0.2, -0.15) is 0 Å². The van der Waals surface area contributed by atoms with E-state index in [2.05, 4.69) is 11.9 Å². The number of amides is 1. The Labute approximate surface area is 155 Å². The first kappa shape index (κ1) is 19.7. The first-order valence-corrected chi connectivity index (χ1v) is 9.14. The second-order valence-corrected chi connectivity index (χ2v) is 6.36. The predicted molar refractivity (Wildman–Crippen MR) is 105 cm³/mol. The highest BCUT2D eigenvalue weighted by Gasteiger charge is 2.22. The number of carbonyl (C=O) groups excluding carboxylic acids is 2. The van der Waals surface area contributed by atoms with Crippen molar-refractivity contribution in [1.29, 1.82) is 0 Å². The van der Waals surface area contributed by atoms with Gasteiger partial charge in [0.1, 0.15) is 6.04 Å². The van der Waals surface area contributed by atoms with Crippen LogP contribution in [0.15, 0.2) is 55.1 Å². The van der Waals surface area contributed by atoms with E-state index in [1.54, 1.807) is 6.07 Å². The van der Waals surface area contributed by atoms with E-state index < -0.39 is 12.0 Å². The van der Waals surface area contributed by atoms with E-state index in [4.69, 9.17) is 4.74 Å². The minimum absolute atomic E-state index is 0.246. The molecule has 2 aromatic rings. The highest BCUT2D eigenvalue weighted by atomic mass is 16.5. The normalized spacial score (nSPS) is 11.7. The highest BCUT2D eigenvalue weighted by molar-refractivity contribution is 6.07. The summed E-state index contributed by atoms with van der Waals surface area (Å²) in [5.41, 5.74) is 0.572. The lowest BCUT2D eigenvalue weighted by Gasteiger charge is -2.17. The van der Waals surface area contributed by atoms with Crippen molar-refractivity contribution in [3.8, 4) is 0 Å². The van der Waals surface area contributed by atoms with E-state index in [0.717, 1.165) is 42.9 Å². The Bertz CT molecular complexity index is 749. The average Bonchev–Trinajstić information content (AvgIpc) is 2.68. The smallest absolute Gasteiger partial charge is 0.328 e. The number of rotatable bonds is 10. The first-order chi connectivity index (χ1) is 12.7. The number of nitrogens with one attached hydrogen (secondary N) is 1. The fraction of sp³-hybridized carbons (Fsp3) is 0.364. The molecule has 0 unspecified atom stereocenters. The van der Waals surface area contributed by atoms with E-state index >= 15 is 0 Å². The van der Waals surface area contributed by atoms with Crippen LogP contribution in [0.3, 0.4) is 0 Å². The van der Waals surface area contributed by atoms with Gasteiger partial charge in [-0.25, -0.2) is 4.79 Å². The van der Waals surface area contributed by atoms with Crippen LogP contribution in [0.5, 0.6) is 0 Å². The van der Waals surface area contributed by atoms with Crippen LogP contribution in [-0.4, -0.2) is 25.0 Å². The van der Waals surface area contributed by atoms with Crippen LogP contribution in [-0.2, 0) is 9.53 Å². The Hall–Kier alpha value is -2.62. The van der Waals surface area contributed by atoms with Gasteiger partial charge in [0.15, 0.2) is 0 Å². The number of methoxy groups -OCH3 is 1. The number of fused-ring (bicyclic) bond motifs is 1. The number of ether oxygens (including phenoxy) is 1. The maximum absolute atomic E-state index is 12.7. The van der Waals surface area contributed by atoms with Gasteiger partial charge in [-0.1, -0.05) is 61.7 Å². The molecule has 0 heterocycles. The zero-order chi connectivity index (χ0) is 18.8. The van der Waals surface area contributed by atoms with Gasteiger partial charge in [-0.15, -0.1) is 6.58 Å². The molecule has 4 nitrogen and oxygen atoms in total. The standard InChI is InChI=1S/C22H27NO3/c1-3-4-5-6-7-8-16-20(22(25)26-2)23-21(24)19-15-11-13-17-12-9-10-14-18(17)19/h3,9-15,20H,1,4-8,16H2,2H3,(H,23,24)/t20-/m0/s1. The highest BCUT2D eigenvalue weighted by Crippen LogP contribution is 2.19. The van der Waals surface area contributed by atoms with E-state index in [-0.39, 0.29) is 5.91 Å². The lowest BCUT2D eigenvalue weighted by atomic mass is 10.0. The summed E-state index contributed by atoms with van der Waals surface area (Å²) in [6, 6.07) is 12.7. The third-order valence-corrected chi connectivity index (χ3v) is 4.48. The second-order valence-electron chi connectivity index (χ2n) is 6.36. The second kappa shape index (κ2) is 10.4. The molecule has 0 bridgehead atoms. The van der Waals surface area contributed by atoms with Crippen LogP contribution >= 0.6 is 0 Å². The summed E-state index contributed by atoms with van der Waals surface area (Å²) in [4.78, 5) is 24.8. The quantitative estimate of drug-likeness (QED) is 0.385. The molecule has 0 radical (unpaired) electrons. The molecule has 0 aromatic heterocycles. The summed E-state index contributed by atoms with van der Waals surface area (Å²) in [5, 5.41) is 4.72. The predicted octanol–water partition coefficient (Wildman–Crippen LogP) is 4.64. The molecule has 0 aliphatic rings. The van der Waals surface area contributed by atoms with Gasteiger partial charge in [-0.05, 0) is 36.1 Å². The van der Waals surface area contributed by atoms with Crippen molar-refractivity contribution in [3.63, 3.8) is 0 Å². The van der Waals surface area contributed by atoms with Crippen molar-refractivity contribution < 1.29 is 14.3 Å². The molecule has 1 N–H and O–H groups in total. The summed E-state index contributed by atoms with van der Waals surface area (Å²) >= 11 is 0. The third-order valence-electron chi connectivity index (χ3n) is 4.48. The fourth-order valence-electron chi connectivity index (χ4n) is 3.04. The van der Waals surface area contributed by atoms with Crippen LogP contribution in [0.2, 0.25) is 0 Å². The molecule has 4 heteroatoms. The van der Waals surface area contributed by atoms with Gasteiger partial charge in [0.25, 0.3) is 5.91 Å². The van der Waals surface area contributed by atoms with Crippen LogP contribution in [0.1, 0.15) is 48.9 Å². The molecule has 0 aliphatic heterocycles. The molecule has 0 aliphatic carbocycles. The average molecular weight is 353 g/mol. The molecule has 1 atom stereocenters. The van der Waals surface area contributed by atoms with Crippen LogP contribution in [0, 0.1) is 0 Å². The number of hydrogen-bond acceptors (Lipinski definition) is 3.